The number of ether oxygens (including phenoxy) is 1. The van der Waals surface area contributed by atoms with Crippen LogP contribution in [0.4, 0.5) is 0 Å². The van der Waals surface area contributed by atoms with Crippen LogP contribution in [0.25, 0.3) is 0 Å². The van der Waals surface area contributed by atoms with Crippen molar-refractivity contribution in [3.05, 3.63) is 0 Å². The highest BCUT2D eigenvalue weighted by molar-refractivity contribution is 6.20. The van der Waals surface area contributed by atoms with Gasteiger partial charge in [-0.05, 0) is 0 Å². The Bertz CT molecular complexity index is 538. The number of aliphatic imine (C=N–C) groups is 3. The average molecular weight is 268 g/mol. The summed E-state index contributed by atoms with van der Waals surface area (Å²) in [4.78, 5) is 12.7. The first-order valence-electron chi connectivity index (χ1n) is 6.15. The van der Waals surface area contributed by atoms with Crippen LogP contribution < -0.4 is 0 Å². The van der Waals surface area contributed by atoms with Crippen LogP contribution >= 0.6 is 0 Å². The minimum absolute atomic E-state index is 0.0624. The minimum atomic E-state index is -1.76. The number of nitrogens with zero attached hydrogens (tertiary/aromatic N) is 4. The number of aliphatic hydroxyl groups is 3. The second kappa shape index (κ2) is 4.46. The van der Waals surface area contributed by atoms with Gasteiger partial charge >= 0.3 is 0 Å². The lowest BCUT2D eigenvalue weighted by molar-refractivity contribution is -0.0509. The lowest BCUT2D eigenvalue weighted by atomic mass is 10.1. The van der Waals surface area contributed by atoms with Crippen molar-refractivity contribution in [2.24, 2.45) is 15.0 Å². The molecule has 19 heavy (non-hydrogen) atoms. The topological polar surface area (TPSA) is 134 Å². The molecular weight excluding hydrogens is 254 g/mol. The van der Waals surface area contributed by atoms with E-state index in [2.05, 4.69) is 15.0 Å². The van der Waals surface area contributed by atoms with Crippen LogP contribution in [0.1, 0.15) is 1.37 Å². The molecule has 0 amide bonds. The number of rotatable bonds is 2. The number of amidine groups is 2. The van der Waals surface area contributed by atoms with Gasteiger partial charge in [-0.25, -0.2) is 9.98 Å². The van der Waals surface area contributed by atoms with E-state index in [9.17, 15) is 10.2 Å². The fourth-order valence-electron chi connectivity index (χ4n) is 2.15. The van der Waals surface area contributed by atoms with Gasteiger partial charge in [0.1, 0.15) is 30.5 Å². The molecule has 3 rings (SSSR count). The van der Waals surface area contributed by atoms with Gasteiger partial charge in [-0.15, -0.1) is 0 Å². The number of hydrogen-bond donors (Lipinski definition) is 4. The molecule has 3 heterocycles. The minimum Gasteiger partial charge on any atom is -0.394 e. The van der Waals surface area contributed by atoms with Crippen molar-refractivity contribution < 1.29 is 21.4 Å². The molecule has 5 atom stereocenters. The molecule has 0 aromatic rings. The molecule has 0 radical (unpaired) electrons. The molecule has 0 aliphatic carbocycles. The summed E-state index contributed by atoms with van der Waals surface area (Å²) in [6.45, 7) is -0.449. The van der Waals surface area contributed by atoms with Gasteiger partial charge in [-0.1, -0.05) is 0 Å². The average Bonchev–Trinajstić information content (AvgIpc) is 2.91. The summed E-state index contributed by atoms with van der Waals surface area (Å²) in [5.41, 5.74) is 0. The van der Waals surface area contributed by atoms with Crippen molar-refractivity contribution in [3.63, 3.8) is 0 Å². The van der Waals surface area contributed by atoms with E-state index in [0.29, 0.717) is 0 Å². The molecule has 1 unspecified atom stereocenters. The zero-order chi connectivity index (χ0) is 14.5. The van der Waals surface area contributed by atoms with E-state index in [1.807, 2.05) is 0 Å². The number of aliphatic hydroxyl groups excluding tert-OH is 3. The van der Waals surface area contributed by atoms with Crippen LogP contribution in [0.2, 0.25) is 0 Å². The largest absolute Gasteiger partial charge is 0.394 e. The third-order valence-electron chi connectivity index (χ3n) is 3.15. The highest BCUT2D eigenvalue weighted by Gasteiger charge is 2.48. The summed E-state index contributed by atoms with van der Waals surface area (Å²) in [5, 5.41) is 36.4. The molecule has 9 heteroatoms. The number of hydrogen-bond acceptors (Lipinski definition) is 8. The van der Waals surface area contributed by atoms with E-state index in [-0.39, 0.29) is 11.7 Å². The molecule has 0 spiro atoms. The Kier molecular flexibility index (Phi) is 2.62. The molecule has 1 fully saturated rings. The Labute approximate surface area is 109 Å². The molecule has 1 saturated heterocycles. The molecule has 0 aromatic heterocycles. The van der Waals surface area contributed by atoms with Gasteiger partial charge in [0.05, 0.1) is 14.3 Å². The van der Waals surface area contributed by atoms with E-state index in [4.69, 9.17) is 16.6 Å². The number of fused-ring (bicyclic) bond motifs is 1. The Hall–Kier alpha value is -1.68. The van der Waals surface area contributed by atoms with Crippen LogP contribution in [-0.4, -0.2) is 81.7 Å². The fourth-order valence-corrected chi connectivity index (χ4v) is 2.15. The summed E-state index contributed by atoms with van der Waals surface area (Å²) in [5.74, 6) is -0.236. The molecule has 0 bridgehead atoms. The maximum atomic E-state index is 9.97. The fraction of sp³-hybridized carbons (Fsp3) is 0.600. The first-order valence-corrected chi connectivity index (χ1v) is 5.65. The lowest BCUT2D eigenvalue weighted by Gasteiger charge is -2.27. The predicted octanol–water partition coefficient (Wildman–Crippen LogP) is -2.44. The van der Waals surface area contributed by atoms with Gasteiger partial charge in [0.15, 0.2) is 18.1 Å². The molecule has 4 N–H and O–H groups in total. The van der Waals surface area contributed by atoms with Crippen molar-refractivity contribution >= 4 is 24.3 Å². The smallest absolute Gasteiger partial charge is 0.168 e. The normalized spacial score (nSPS) is 45.4. The van der Waals surface area contributed by atoms with Crippen LogP contribution in [0.15, 0.2) is 15.0 Å². The third-order valence-corrected chi connectivity index (χ3v) is 3.15. The molecule has 0 aromatic carbocycles. The van der Waals surface area contributed by atoms with Crippen molar-refractivity contribution in [2.45, 2.75) is 30.6 Å². The van der Waals surface area contributed by atoms with E-state index >= 15 is 0 Å². The summed E-state index contributed by atoms with van der Waals surface area (Å²) >= 11 is 0. The first-order chi connectivity index (χ1) is 9.49. The molecule has 3 aliphatic heterocycles. The number of nitrogens with one attached hydrogen (secondary N) is 1. The van der Waals surface area contributed by atoms with Crippen LogP contribution in [0.5, 0.6) is 0 Å². The summed E-state index contributed by atoms with van der Waals surface area (Å²) in [7, 11) is 0. The van der Waals surface area contributed by atoms with Crippen molar-refractivity contribution in [3.8, 4) is 0 Å². The van der Waals surface area contributed by atoms with Gasteiger partial charge in [0.2, 0.25) is 0 Å². The van der Waals surface area contributed by atoms with E-state index in [1.165, 1.54) is 11.2 Å². The van der Waals surface area contributed by atoms with Gasteiger partial charge in [-0.2, -0.15) is 0 Å². The van der Waals surface area contributed by atoms with Crippen molar-refractivity contribution in [2.75, 3.05) is 6.61 Å². The van der Waals surface area contributed by atoms with E-state index in [0.717, 1.165) is 6.34 Å². The second-order valence-electron chi connectivity index (χ2n) is 4.28. The Balaban J connectivity index is 1.90. The molecule has 3 aliphatic rings. The Morgan fingerprint density at radius 3 is 2.95 bits per heavy atom. The Morgan fingerprint density at radius 2 is 2.26 bits per heavy atom. The highest BCUT2D eigenvalue weighted by Crippen LogP contribution is 2.26. The SMILES string of the molecule is [2H]C12N=CN([C@@H]3O[C@H](CO)[C@@H](O)[C@H]3O)C1=NC=NC2=N. The quantitative estimate of drug-likeness (QED) is 0.441. The predicted molar refractivity (Wildman–Crippen MR) is 65.5 cm³/mol. The zero-order valence-electron chi connectivity index (χ0n) is 10.7. The Morgan fingerprint density at radius 1 is 1.47 bits per heavy atom. The summed E-state index contributed by atoms with van der Waals surface area (Å²) < 4.78 is 13.4. The summed E-state index contributed by atoms with van der Waals surface area (Å²) in [6, 6.07) is -1.76. The molecule has 102 valence electrons. The van der Waals surface area contributed by atoms with Gasteiger partial charge in [0.25, 0.3) is 0 Å². The maximum Gasteiger partial charge on any atom is 0.168 e. The highest BCUT2D eigenvalue weighted by atomic mass is 16.6. The van der Waals surface area contributed by atoms with Crippen LogP contribution in [0, 0.1) is 5.41 Å². The summed E-state index contributed by atoms with van der Waals surface area (Å²) in [6.07, 6.45) is -2.17. The molecular formula is C10H13N5O4. The van der Waals surface area contributed by atoms with Crippen molar-refractivity contribution in [1.82, 2.24) is 4.90 Å². The maximum absolute atomic E-state index is 9.97. The van der Waals surface area contributed by atoms with Crippen LogP contribution in [0.3, 0.4) is 0 Å². The van der Waals surface area contributed by atoms with Crippen LogP contribution in [-0.2, 0) is 4.74 Å². The van der Waals surface area contributed by atoms with Gasteiger partial charge in [0, 0.05) is 0 Å². The lowest BCUT2D eigenvalue weighted by Crippen LogP contribution is -2.48. The molecule has 0 saturated carbocycles. The van der Waals surface area contributed by atoms with E-state index in [1.54, 1.807) is 0 Å². The first kappa shape index (κ1) is 11.2. The molecule has 9 nitrogen and oxygen atoms in total. The van der Waals surface area contributed by atoms with Gasteiger partial charge in [-0.3, -0.25) is 15.3 Å². The monoisotopic (exact) mass is 268 g/mol. The van der Waals surface area contributed by atoms with E-state index < -0.39 is 37.2 Å². The van der Waals surface area contributed by atoms with Crippen molar-refractivity contribution in [1.29, 1.82) is 5.41 Å². The third kappa shape index (κ3) is 1.78. The zero-order valence-corrected chi connectivity index (χ0v) is 9.71. The standard InChI is InChI=1S/C10H13N5O4/c11-8-5-9(13-2-12-8)15(3-14-5)10-7(18)6(17)4(1-16)19-10/h2-7,10-11,16-18H,1H2/t4-,5?,6-,7-,10-/m1/s1/i5D. The van der Waals surface area contributed by atoms with Gasteiger partial charge < -0.3 is 20.1 Å². The second-order valence-corrected chi connectivity index (χ2v) is 4.28.